The van der Waals surface area contributed by atoms with Crippen molar-refractivity contribution < 1.29 is 15.0 Å². The fraction of sp³-hybridized carbons (Fsp3) is 0.385. The van der Waals surface area contributed by atoms with Gasteiger partial charge in [-0.3, -0.25) is 4.40 Å². The molecule has 0 spiro atoms. The third kappa shape index (κ3) is 2.39. The van der Waals surface area contributed by atoms with Gasteiger partial charge in [0.15, 0.2) is 11.5 Å². The first kappa shape index (κ1) is 13.4. The summed E-state index contributed by atoms with van der Waals surface area (Å²) in [6.45, 7) is 5.21. The van der Waals surface area contributed by atoms with Crippen molar-refractivity contribution in [3.63, 3.8) is 0 Å². The molecule has 102 valence electrons. The molecule has 3 N–H and O–H groups in total. The first-order chi connectivity index (χ1) is 8.83. The molecule has 6 nitrogen and oxygen atoms in total. The number of carboxylic acid groups (broad SMARTS) is 1. The Bertz CT molecular complexity index is 617. The molecule has 0 aromatic carbocycles. The molecule has 1 unspecified atom stereocenters. The Morgan fingerprint density at radius 1 is 1.47 bits per heavy atom. The maximum absolute atomic E-state index is 11.4. The van der Waals surface area contributed by atoms with Gasteiger partial charge in [-0.1, -0.05) is 6.07 Å². The Morgan fingerprint density at radius 2 is 2.16 bits per heavy atom. The highest BCUT2D eigenvalue weighted by atomic mass is 16.4. The third-order valence-corrected chi connectivity index (χ3v) is 3.22. The summed E-state index contributed by atoms with van der Waals surface area (Å²) in [7, 11) is 0. The van der Waals surface area contributed by atoms with Crippen molar-refractivity contribution >= 4 is 17.4 Å². The molecular weight excluding hydrogens is 246 g/mol. The Labute approximate surface area is 110 Å². The summed E-state index contributed by atoms with van der Waals surface area (Å²) in [4.78, 5) is 15.7. The lowest BCUT2D eigenvalue weighted by atomic mass is 9.99. The second-order valence-corrected chi connectivity index (χ2v) is 5.07. The predicted octanol–water partition coefficient (Wildman–Crippen LogP) is 1.60. The molecule has 0 saturated heterocycles. The van der Waals surface area contributed by atoms with Gasteiger partial charge >= 0.3 is 5.97 Å². The molecule has 0 radical (unpaired) electrons. The van der Waals surface area contributed by atoms with Crippen LogP contribution in [0.3, 0.4) is 0 Å². The minimum Gasteiger partial charge on any atom is -0.476 e. The first-order valence-corrected chi connectivity index (χ1v) is 5.99. The summed E-state index contributed by atoms with van der Waals surface area (Å²) < 4.78 is 1.50. The number of rotatable bonds is 4. The van der Waals surface area contributed by atoms with E-state index in [0.29, 0.717) is 5.65 Å². The number of anilines is 1. The lowest BCUT2D eigenvalue weighted by Crippen LogP contribution is -2.42. The van der Waals surface area contributed by atoms with Crippen LogP contribution in [0.5, 0.6) is 0 Å². The Morgan fingerprint density at radius 3 is 2.74 bits per heavy atom. The molecular formula is C13H17N3O3. The second kappa shape index (κ2) is 4.55. The highest BCUT2D eigenvalue weighted by molar-refractivity contribution is 5.93. The minimum atomic E-state index is -1.07. The van der Waals surface area contributed by atoms with Gasteiger partial charge in [-0.15, -0.1) is 0 Å². The van der Waals surface area contributed by atoms with Gasteiger partial charge in [-0.05, 0) is 32.9 Å². The zero-order valence-electron chi connectivity index (χ0n) is 11.1. The number of aromatic carboxylic acids is 1. The van der Waals surface area contributed by atoms with Gasteiger partial charge in [-0.2, -0.15) is 0 Å². The van der Waals surface area contributed by atoms with Crippen molar-refractivity contribution in [2.75, 3.05) is 5.32 Å². The number of fused-ring (bicyclic) bond motifs is 1. The van der Waals surface area contributed by atoms with E-state index in [-0.39, 0.29) is 11.5 Å². The van der Waals surface area contributed by atoms with E-state index in [9.17, 15) is 15.0 Å². The lowest BCUT2D eigenvalue weighted by Gasteiger charge is -2.29. The van der Waals surface area contributed by atoms with Gasteiger partial charge in [-0.25, -0.2) is 9.78 Å². The van der Waals surface area contributed by atoms with Crippen molar-refractivity contribution in [1.29, 1.82) is 0 Å². The number of aliphatic hydroxyl groups is 1. The number of aromatic nitrogens is 2. The van der Waals surface area contributed by atoms with E-state index in [1.807, 2.05) is 0 Å². The molecule has 2 aromatic heterocycles. The number of carboxylic acids is 1. The third-order valence-electron chi connectivity index (χ3n) is 3.22. The maximum Gasteiger partial charge on any atom is 0.356 e. The van der Waals surface area contributed by atoms with Gasteiger partial charge < -0.3 is 15.5 Å². The van der Waals surface area contributed by atoms with Crippen molar-refractivity contribution in [1.82, 2.24) is 9.38 Å². The quantitative estimate of drug-likeness (QED) is 0.780. The molecule has 1 atom stereocenters. The van der Waals surface area contributed by atoms with Crippen LogP contribution in [-0.2, 0) is 0 Å². The minimum absolute atomic E-state index is 0.0596. The number of nitrogens with zero attached hydrogens (tertiary/aromatic N) is 2. The Balaban J connectivity index is 2.54. The molecule has 0 amide bonds. The molecule has 2 aromatic rings. The van der Waals surface area contributed by atoms with Gasteiger partial charge in [0.05, 0.1) is 11.6 Å². The van der Waals surface area contributed by atoms with Crippen molar-refractivity contribution in [2.45, 2.75) is 32.4 Å². The normalized spacial score (nSPS) is 13.5. The molecule has 19 heavy (non-hydrogen) atoms. The van der Waals surface area contributed by atoms with E-state index in [1.54, 1.807) is 45.2 Å². The van der Waals surface area contributed by atoms with Gasteiger partial charge in [0.1, 0.15) is 5.65 Å². The van der Waals surface area contributed by atoms with Crippen LogP contribution in [0.25, 0.3) is 5.65 Å². The van der Waals surface area contributed by atoms with Crippen LogP contribution in [-0.4, -0.2) is 37.2 Å². The van der Waals surface area contributed by atoms with E-state index < -0.39 is 17.6 Å². The lowest BCUT2D eigenvalue weighted by molar-refractivity contribution is 0.0689. The van der Waals surface area contributed by atoms with Gasteiger partial charge in [0.2, 0.25) is 0 Å². The van der Waals surface area contributed by atoms with E-state index in [2.05, 4.69) is 10.3 Å². The second-order valence-electron chi connectivity index (χ2n) is 5.07. The fourth-order valence-corrected chi connectivity index (χ4v) is 1.70. The summed E-state index contributed by atoms with van der Waals surface area (Å²) in [5, 5.41) is 22.0. The van der Waals surface area contributed by atoms with Crippen LogP contribution in [0.15, 0.2) is 24.4 Å². The standard InChI is InChI=1S/C13H17N3O3/c1-8(17)13(2,3)15-11-10(12(18)19)16-7-5-4-6-9(16)14-11/h4-8,15,17H,1-3H3,(H,18,19). The first-order valence-electron chi connectivity index (χ1n) is 5.99. The SMILES string of the molecule is CC(O)C(C)(C)Nc1nc2ccccn2c1C(=O)O. The van der Waals surface area contributed by atoms with Crippen molar-refractivity contribution in [3.05, 3.63) is 30.1 Å². The Kier molecular flexibility index (Phi) is 3.20. The highest BCUT2D eigenvalue weighted by Crippen LogP contribution is 2.23. The summed E-state index contributed by atoms with van der Waals surface area (Å²) >= 11 is 0. The molecule has 0 bridgehead atoms. The van der Waals surface area contributed by atoms with Crippen molar-refractivity contribution in [3.8, 4) is 0 Å². The van der Waals surface area contributed by atoms with Crippen LogP contribution in [0, 0.1) is 0 Å². The average Bonchev–Trinajstić information content (AvgIpc) is 2.65. The van der Waals surface area contributed by atoms with Crippen LogP contribution in [0.1, 0.15) is 31.3 Å². The molecule has 0 saturated carbocycles. The molecule has 2 rings (SSSR count). The summed E-state index contributed by atoms with van der Waals surface area (Å²) in [6.07, 6.45) is 0.991. The molecule has 6 heteroatoms. The largest absolute Gasteiger partial charge is 0.476 e. The molecule has 0 fully saturated rings. The summed E-state index contributed by atoms with van der Waals surface area (Å²) in [5.74, 6) is -0.813. The average molecular weight is 263 g/mol. The number of pyridine rings is 1. The number of imidazole rings is 1. The van der Waals surface area contributed by atoms with Crippen LogP contribution >= 0.6 is 0 Å². The van der Waals surface area contributed by atoms with Gasteiger partial charge in [0.25, 0.3) is 0 Å². The van der Waals surface area contributed by atoms with E-state index >= 15 is 0 Å². The maximum atomic E-state index is 11.4. The van der Waals surface area contributed by atoms with Crippen LogP contribution in [0.4, 0.5) is 5.82 Å². The fourth-order valence-electron chi connectivity index (χ4n) is 1.70. The van der Waals surface area contributed by atoms with Gasteiger partial charge in [0, 0.05) is 6.20 Å². The molecule has 0 aliphatic heterocycles. The number of nitrogens with one attached hydrogen (secondary N) is 1. The molecule has 2 heterocycles. The number of hydrogen-bond acceptors (Lipinski definition) is 4. The van der Waals surface area contributed by atoms with E-state index in [0.717, 1.165) is 0 Å². The monoisotopic (exact) mass is 263 g/mol. The van der Waals surface area contributed by atoms with Crippen molar-refractivity contribution in [2.24, 2.45) is 0 Å². The topological polar surface area (TPSA) is 86.9 Å². The Hall–Kier alpha value is -2.08. The van der Waals surface area contributed by atoms with Crippen LogP contribution in [0.2, 0.25) is 0 Å². The predicted molar refractivity (Wildman–Crippen MR) is 71.5 cm³/mol. The zero-order valence-corrected chi connectivity index (χ0v) is 11.1. The van der Waals surface area contributed by atoms with Crippen LogP contribution < -0.4 is 5.32 Å². The number of aliphatic hydroxyl groups excluding tert-OH is 1. The number of carbonyl (C=O) groups is 1. The number of hydrogen-bond donors (Lipinski definition) is 3. The summed E-state index contributed by atoms with van der Waals surface area (Å²) in [5.41, 5.74) is -0.0737. The highest BCUT2D eigenvalue weighted by Gasteiger charge is 2.28. The smallest absolute Gasteiger partial charge is 0.356 e. The molecule has 0 aliphatic rings. The zero-order chi connectivity index (χ0) is 14.2. The van der Waals surface area contributed by atoms with E-state index in [4.69, 9.17) is 0 Å². The summed E-state index contributed by atoms with van der Waals surface area (Å²) in [6, 6.07) is 5.26. The molecule has 0 aliphatic carbocycles. The van der Waals surface area contributed by atoms with E-state index in [1.165, 1.54) is 4.40 Å².